The Morgan fingerprint density at radius 2 is 2.00 bits per heavy atom. The van der Waals surface area contributed by atoms with Gasteiger partial charge in [0.15, 0.2) is 0 Å². The van der Waals surface area contributed by atoms with Gasteiger partial charge in [0, 0.05) is 12.6 Å². The van der Waals surface area contributed by atoms with E-state index in [9.17, 15) is 4.57 Å². The van der Waals surface area contributed by atoms with Crippen LogP contribution in [-0.2, 0) is 4.57 Å². The van der Waals surface area contributed by atoms with Crippen LogP contribution in [0.5, 0.6) is 0 Å². The summed E-state index contributed by atoms with van der Waals surface area (Å²) in [4.78, 5) is 19.3. The Kier molecular flexibility index (Phi) is 5.81. The van der Waals surface area contributed by atoms with Crippen LogP contribution in [0.1, 0.15) is 26.7 Å². The molecule has 0 aromatic carbocycles. The molecule has 0 spiro atoms. The summed E-state index contributed by atoms with van der Waals surface area (Å²) in [6.07, 6.45) is 2.12. The molecule has 0 aromatic heterocycles. The summed E-state index contributed by atoms with van der Waals surface area (Å²) in [5.74, 6) is 0. The van der Waals surface area contributed by atoms with Crippen LogP contribution in [-0.4, -0.2) is 40.5 Å². The van der Waals surface area contributed by atoms with Gasteiger partial charge in [-0.3, -0.25) is 4.57 Å². The van der Waals surface area contributed by atoms with E-state index < -0.39 is 7.60 Å². The van der Waals surface area contributed by atoms with Gasteiger partial charge in [0.25, 0.3) is 0 Å². The van der Waals surface area contributed by atoms with Crippen LogP contribution in [0.2, 0.25) is 0 Å². The van der Waals surface area contributed by atoms with E-state index in [0.717, 1.165) is 12.8 Å². The molecule has 4 nitrogen and oxygen atoms in total. The molecule has 0 bridgehead atoms. The molecule has 2 N–H and O–H groups in total. The first-order valence-corrected chi connectivity index (χ1v) is 6.41. The second-order valence-corrected chi connectivity index (χ2v) is 5.28. The predicted molar refractivity (Wildman–Crippen MR) is 53.9 cm³/mol. The molecule has 80 valence electrons. The van der Waals surface area contributed by atoms with Gasteiger partial charge >= 0.3 is 7.60 Å². The van der Waals surface area contributed by atoms with E-state index in [4.69, 9.17) is 9.79 Å². The van der Waals surface area contributed by atoms with Crippen LogP contribution < -0.4 is 0 Å². The van der Waals surface area contributed by atoms with Gasteiger partial charge in [-0.25, -0.2) is 0 Å². The van der Waals surface area contributed by atoms with Crippen LogP contribution in [0.3, 0.4) is 0 Å². The molecule has 5 heteroatoms. The molecule has 1 unspecified atom stereocenters. The SMILES string of the molecule is CCCC(C)N(C)CCP(=O)(O)O. The van der Waals surface area contributed by atoms with Crippen LogP contribution in [0, 0.1) is 0 Å². The van der Waals surface area contributed by atoms with Crippen molar-refractivity contribution >= 4 is 7.60 Å². The maximum absolute atomic E-state index is 10.6. The van der Waals surface area contributed by atoms with Gasteiger partial charge in [-0.2, -0.15) is 0 Å². The molecule has 0 heterocycles. The molecule has 0 fully saturated rings. The Morgan fingerprint density at radius 1 is 1.46 bits per heavy atom. The topological polar surface area (TPSA) is 60.8 Å². The molecule has 0 saturated carbocycles. The zero-order valence-electron chi connectivity index (χ0n) is 8.60. The van der Waals surface area contributed by atoms with Gasteiger partial charge < -0.3 is 14.7 Å². The highest BCUT2D eigenvalue weighted by atomic mass is 31.2. The highest BCUT2D eigenvalue weighted by Crippen LogP contribution is 2.33. The lowest BCUT2D eigenvalue weighted by Crippen LogP contribution is -2.31. The Balaban J connectivity index is 3.73. The second kappa shape index (κ2) is 5.76. The molecule has 0 saturated heterocycles. The molecule has 0 aliphatic heterocycles. The highest BCUT2D eigenvalue weighted by molar-refractivity contribution is 7.51. The van der Waals surface area contributed by atoms with Crippen molar-refractivity contribution < 1.29 is 14.4 Å². The summed E-state index contributed by atoms with van der Waals surface area (Å²) < 4.78 is 10.6. The van der Waals surface area contributed by atoms with Crippen LogP contribution in [0.4, 0.5) is 0 Å². The van der Waals surface area contributed by atoms with Crippen molar-refractivity contribution in [2.24, 2.45) is 0 Å². The summed E-state index contributed by atoms with van der Waals surface area (Å²) in [5, 5.41) is 0. The monoisotopic (exact) mass is 209 g/mol. The lowest BCUT2D eigenvalue weighted by atomic mass is 10.2. The summed E-state index contributed by atoms with van der Waals surface area (Å²) in [6.45, 7) is 4.64. The first kappa shape index (κ1) is 13.1. The zero-order valence-corrected chi connectivity index (χ0v) is 9.50. The van der Waals surface area contributed by atoms with Crippen molar-refractivity contribution in [3.05, 3.63) is 0 Å². The van der Waals surface area contributed by atoms with Gasteiger partial charge in [0.05, 0.1) is 6.16 Å². The van der Waals surface area contributed by atoms with Gasteiger partial charge in [-0.15, -0.1) is 0 Å². The minimum Gasteiger partial charge on any atom is -0.324 e. The molecule has 0 aliphatic rings. The van der Waals surface area contributed by atoms with Crippen molar-refractivity contribution in [1.82, 2.24) is 4.90 Å². The summed E-state index contributed by atoms with van der Waals surface area (Å²) in [7, 11) is -1.92. The van der Waals surface area contributed by atoms with E-state index in [1.807, 2.05) is 11.9 Å². The normalized spacial score (nSPS) is 14.9. The smallest absolute Gasteiger partial charge is 0.324 e. The maximum atomic E-state index is 10.6. The lowest BCUT2D eigenvalue weighted by Gasteiger charge is -2.24. The second-order valence-electron chi connectivity index (χ2n) is 3.51. The first-order valence-electron chi connectivity index (χ1n) is 4.61. The summed E-state index contributed by atoms with van der Waals surface area (Å²) in [6, 6.07) is 0.400. The number of hydrogen-bond acceptors (Lipinski definition) is 2. The van der Waals surface area contributed by atoms with E-state index in [0.29, 0.717) is 12.6 Å². The van der Waals surface area contributed by atoms with Crippen molar-refractivity contribution in [2.75, 3.05) is 19.8 Å². The Labute approximate surface area is 80.1 Å². The molecular weight excluding hydrogens is 189 g/mol. The molecule has 0 amide bonds. The zero-order chi connectivity index (χ0) is 10.5. The fourth-order valence-electron chi connectivity index (χ4n) is 1.15. The standard InChI is InChI=1S/C8H20NO3P/c1-4-5-8(2)9(3)6-7-13(10,11)12/h8H,4-7H2,1-3H3,(H2,10,11,12). The Bertz CT molecular complexity index is 180. The molecule has 0 radical (unpaired) electrons. The third kappa shape index (κ3) is 7.20. The minimum absolute atomic E-state index is 0.0441. The van der Waals surface area contributed by atoms with E-state index in [1.54, 1.807) is 0 Å². The molecule has 0 aromatic rings. The summed E-state index contributed by atoms with van der Waals surface area (Å²) >= 11 is 0. The number of rotatable bonds is 6. The van der Waals surface area contributed by atoms with Crippen molar-refractivity contribution in [1.29, 1.82) is 0 Å². The van der Waals surface area contributed by atoms with Crippen LogP contribution >= 0.6 is 7.60 Å². The molecule has 13 heavy (non-hydrogen) atoms. The lowest BCUT2D eigenvalue weighted by molar-refractivity contribution is 0.252. The third-order valence-corrected chi connectivity index (χ3v) is 2.99. The van der Waals surface area contributed by atoms with Gasteiger partial charge in [-0.05, 0) is 20.4 Å². The van der Waals surface area contributed by atoms with E-state index in [1.165, 1.54) is 0 Å². The molecular formula is C8H20NO3P. The van der Waals surface area contributed by atoms with Crippen molar-refractivity contribution in [3.8, 4) is 0 Å². The van der Waals surface area contributed by atoms with Gasteiger partial charge in [0.2, 0.25) is 0 Å². The quantitative estimate of drug-likeness (QED) is 0.647. The third-order valence-electron chi connectivity index (χ3n) is 2.20. The van der Waals surface area contributed by atoms with Crippen molar-refractivity contribution in [2.45, 2.75) is 32.7 Å². The average molecular weight is 209 g/mol. The first-order chi connectivity index (χ1) is 5.87. The molecule has 1 atom stereocenters. The minimum atomic E-state index is -3.82. The van der Waals surface area contributed by atoms with E-state index in [-0.39, 0.29) is 6.16 Å². The fraction of sp³-hybridized carbons (Fsp3) is 1.00. The van der Waals surface area contributed by atoms with Crippen LogP contribution in [0.25, 0.3) is 0 Å². The largest absolute Gasteiger partial charge is 0.326 e. The summed E-state index contributed by atoms with van der Waals surface area (Å²) in [5.41, 5.74) is 0. The van der Waals surface area contributed by atoms with E-state index >= 15 is 0 Å². The average Bonchev–Trinajstić information content (AvgIpc) is 1.99. The number of nitrogens with zero attached hydrogens (tertiary/aromatic N) is 1. The molecule has 0 rings (SSSR count). The van der Waals surface area contributed by atoms with Gasteiger partial charge in [0.1, 0.15) is 0 Å². The Morgan fingerprint density at radius 3 is 2.38 bits per heavy atom. The van der Waals surface area contributed by atoms with Gasteiger partial charge in [-0.1, -0.05) is 13.3 Å². The Hall–Kier alpha value is 0.110. The maximum Gasteiger partial charge on any atom is 0.326 e. The highest BCUT2D eigenvalue weighted by Gasteiger charge is 2.15. The van der Waals surface area contributed by atoms with E-state index in [2.05, 4.69) is 13.8 Å². The van der Waals surface area contributed by atoms with Crippen LogP contribution in [0.15, 0.2) is 0 Å². The predicted octanol–water partition coefficient (Wildman–Crippen LogP) is 1.28. The molecule has 0 aliphatic carbocycles. The fourth-order valence-corrected chi connectivity index (χ4v) is 1.72. The van der Waals surface area contributed by atoms with Crippen molar-refractivity contribution in [3.63, 3.8) is 0 Å². The number of hydrogen-bond donors (Lipinski definition) is 2.